The molecule has 1 saturated carbocycles. The van der Waals surface area contributed by atoms with E-state index in [1.54, 1.807) is 0 Å². The summed E-state index contributed by atoms with van der Waals surface area (Å²) in [5, 5.41) is 16.4. The monoisotopic (exact) mass is 553 g/mol. The van der Waals surface area contributed by atoms with Crippen molar-refractivity contribution in [2.75, 3.05) is 52.5 Å². The highest BCUT2D eigenvalue weighted by Crippen LogP contribution is 2.42. The number of nitrogens with one attached hydrogen (secondary N) is 3. The third kappa shape index (κ3) is 7.43. The van der Waals surface area contributed by atoms with E-state index in [1.165, 1.54) is 6.42 Å². The molecule has 4 rings (SSSR count). The van der Waals surface area contributed by atoms with Crippen LogP contribution in [0.25, 0.3) is 0 Å². The van der Waals surface area contributed by atoms with E-state index in [9.17, 15) is 14.9 Å². The lowest BCUT2D eigenvalue weighted by Crippen LogP contribution is -2.59. The van der Waals surface area contributed by atoms with Gasteiger partial charge in [-0.3, -0.25) is 4.79 Å². The lowest BCUT2D eigenvalue weighted by molar-refractivity contribution is -0.126. The van der Waals surface area contributed by atoms with Crippen LogP contribution in [0.5, 0.6) is 0 Å². The number of aliphatic imine (C=N–C) groups is 1. The Hall–Kier alpha value is -2.90. The first kappa shape index (κ1) is 30.1. The maximum atomic E-state index is 14.6. The molecule has 1 aliphatic carbocycles. The second-order valence-electron chi connectivity index (χ2n) is 11.5. The molecule has 3 amide bonds. The van der Waals surface area contributed by atoms with Crippen LogP contribution in [0.4, 0.5) is 4.79 Å². The molecule has 2 aliphatic heterocycles. The second-order valence-corrected chi connectivity index (χ2v) is 11.5. The molecular formula is C30H47N7O3. The number of urea groups is 1. The van der Waals surface area contributed by atoms with E-state index in [1.807, 2.05) is 30.2 Å². The summed E-state index contributed by atoms with van der Waals surface area (Å²) in [6, 6.07) is 6.05. The summed E-state index contributed by atoms with van der Waals surface area (Å²) < 4.78 is 5.62. The van der Waals surface area contributed by atoms with E-state index < -0.39 is 17.5 Å². The number of amidine groups is 1. The number of carbonyl (C=O) groups is 2. The number of ether oxygens (including phenoxy) is 1. The fraction of sp³-hybridized carbons (Fsp3) is 0.733. The van der Waals surface area contributed by atoms with Gasteiger partial charge in [0.15, 0.2) is 0 Å². The summed E-state index contributed by atoms with van der Waals surface area (Å²) in [6.07, 6.45) is 9.58. The van der Waals surface area contributed by atoms with Crippen molar-refractivity contribution in [2.45, 2.75) is 76.7 Å². The van der Waals surface area contributed by atoms with Crippen molar-refractivity contribution in [1.82, 2.24) is 25.4 Å². The molecular weight excluding hydrogens is 506 g/mol. The van der Waals surface area contributed by atoms with Crippen molar-refractivity contribution in [1.29, 1.82) is 5.26 Å². The summed E-state index contributed by atoms with van der Waals surface area (Å²) in [5.41, 5.74) is 0.0430. The van der Waals surface area contributed by atoms with Gasteiger partial charge in [-0.25, -0.2) is 4.79 Å². The van der Waals surface area contributed by atoms with Gasteiger partial charge >= 0.3 is 6.03 Å². The molecule has 2 unspecified atom stereocenters. The van der Waals surface area contributed by atoms with Crippen LogP contribution >= 0.6 is 0 Å². The Bertz CT molecular complexity index is 1010. The number of hydrogen-bond donors (Lipinski definition) is 3. The van der Waals surface area contributed by atoms with Gasteiger partial charge < -0.3 is 30.2 Å². The first-order chi connectivity index (χ1) is 19.5. The van der Waals surface area contributed by atoms with Gasteiger partial charge in [0, 0.05) is 50.5 Å². The molecule has 0 radical (unpaired) electrons. The Morgan fingerprint density at radius 2 is 1.90 bits per heavy atom. The summed E-state index contributed by atoms with van der Waals surface area (Å²) in [5.74, 6) is -0.393. The molecule has 0 aromatic carbocycles. The number of nitrogens with zero attached hydrogens (tertiary/aromatic N) is 4. The van der Waals surface area contributed by atoms with Crippen LogP contribution in [0.1, 0.15) is 76.8 Å². The topological polar surface area (TPSA) is 126 Å². The first-order valence-electron chi connectivity index (χ1n) is 15.3. The van der Waals surface area contributed by atoms with Crippen molar-refractivity contribution in [2.24, 2.45) is 16.8 Å². The second kappa shape index (κ2) is 14.6. The molecule has 220 valence electrons. The molecule has 1 aromatic rings. The van der Waals surface area contributed by atoms with Gasteiger partial charge in [0.25, 0.3) is 0 Å². The average Bonchev–Trinajstić information content (AvgIpc) is 3.52. The van der Waals surface area contributed by atoms with Gasteiger partial charge in [-0.1, -0.05) is 26.2 Å². The Kier molecular flexibility index (Phi) is 11.0. The molecule has 3 N–H and O–H groups in total. The maximum absolute atomic E-state index is 14.6. The van der Waals surface area contributed by atoms with E-state index in [-0.39, 0.29) is 17.7 Å². The number of rotatable bonds is 9. The number of aromatic amines is 1. The number of likely N-dealkylation sites (tertiary alicyclic amines) is 1. The van der Waals surface area contributed by atoms with Crippen molar-refractivity contribution in [3.05, 3.63) is 24.0 Å². The molecule has 2 atom stereocenters. The molecule has 10 heteroatoms. The summed E-state index contributed by atoms with van der Waals surface area (Å²) in [4.78, 5) is 40.0. The van der Waals surface area contributed by atoms with Crippen molar-refractivity contribution in [3.63, 3.8) is 0 Å². The van der Waals surface area contributed by atoms with E-state index in [0.717, 1.165) is 57.4 Å². The number of carbonyl (C=O) groups excluding carboxylic acids is 2. The zero-order chi connectivity index (χ0) is 28.4. The maximum Gasteiger partial charge on any atom is 0.342 e. The van der Waals surface area contributed by atoms with Crippen LogP contribution in [0.3, 0.4) is 0 Å². The normalized spacial score (nSPS) is 22.2. The average molecular weight is 554 g/mol. The highest BCUT2D eigenvalue weighted by molar-refractivity contribution is 6.08. The van der Waals surface area contributed by atoms with Crippen molar-refractivity contribution < 1.29 is 14.3 Å². The van der Waals surface area contributed by atoms with E-state index in [2.05, 4.69) is 38.5 Å². The van der Waals surface area contributed by atoms with Gasteiger partial charge in [-0.15, -0.1) is 0 Å². The SMILES string of the molecule is CCCN1CCC(C#N)(NC(=O)C(C(=NC(=O)NCC)N2CCOCC2)C(c2ccc[nH]2)C2CCCCC2)CC1. The molecule has 0 spiro atoms. The largest absolute Gasteiger partial charge is 0.378 e. The molecule has 3 heterocycles. The summed E-state index contributed by atoms with van der Waals surface area (Å²) >= 11 is 0. The molecule has 3 fully saturated rings. The van der Waals surface area contributed by atoms with Crippen LogP contribution in [-0.2, 0) is 9.53 Å². The molecule has 0 bridgehead atoms. The van der Waals surface area contributed by atoms with E-state index in [4.69, 9.17) is 4.74 Å². The number of H-pyrrole nitrogens is 1. The standard InChI is InChI=1S/C30H47N7O3/c1-3-15-36-16-12-30(22-31,13-17-36)35-28(38)26(25(24-11-8-14-33-24)23-9-6-5-7-10-23)27(34-29(39)32-4-2)37-18-20-40-21-19-37/h8,11,14,23,25-26,33H,3-7,9-10,12-13,15-21H2,1-2H3,(H,32,39)(H,35,38). The zero-order valence-corrected chi connectivity index (χ0v) is 24.3. The predicted molar refractivity (Wildman–Crippen MR) is 155 cm³/mol. The van der Waals surface area contributed by atoms with Crippen LogP contribution in [0.2, 0.25) is 0 Å². The number of nitriles is 1. The Labute approximate surface area is 238 Å². The Morgan fingerprint density at radius 1 is 1.18 bits per heavy atom. The minimum Gasteiger partial charge on any atom is -0.378 e. The molecule has 1 aromatic heterocycles. The van der Waals surface area contributed by atoms with E-state index >= 15 is 0 Å². The smallest absolute Gasteiger partial charge is 0.342 e. The highest BCUT2D eigenvalue weighted by Gasteiger charge is 2.45. The number of aromatic nitrogens is 1. The van der Waals surface area contributed by atoms with Crippen LogP contribution in [0.15, 0.2) is 23.3 Å². The molecule has 3 aliphatic rings. The van der Waals surface area contributed by atoms with Crippen molar-refractivity contribution >= 4 is 17.8 Å². The molecule has 2 saturated heterocycles. The number of morpholine rings is 1. The van der Waals surface area contributed by atoms with Crippen LogP contribution in [-0.4, -0.2) is 90.6 Å². The molecule has 10 nitrogen and oxygen atoms in total. The minimum absolute atomic E-state index is 0.192. The van der Waals surface area contributed by atoms with Gasteiger partial charge in [0.1, 0.15) is 17.3 Å². The predicted octanol–water partition coefficient (Wildman–Crippen LogP) is 3.64. The number of hydrogen-bond acceptors (Lipinski definition) is 5. The van der Waals surface area contributed by atoms with Gasteiger partial charge in [-0.2, -0.15) is 10.3 Å². The quantitative estimate of drug-likeness (QED) is 0.317. The van der Waals surface area contributed by atoms with Gasteiger partial charge in [0.2, 0.25) is 5.91 Å². The van der Waals surface area contributed by atoms with Crippen LogP contribution < -0.4 is 10.6 Å². The third-order valence-corrected chi connectivity index (χ3v) is 8.76. The third-order valence-electron chi connectivity index (χ3n) is 8.76. The fourth-order valence-corrected chi connectivity index (χ4v) is 6.67. The summed E-state index contributed by atoms with van der Waals surface area (Å²) in [6.45, 7) is 9.14. The van der Waals surface area contributed by atoms with Gasteiger partial charge in [-0.05, 0) is 63.6 Å². The summed E-state index contributed by atoms with van der Waals surface area (Å²) in [7, 11) is 0. The minimum atomic E-state index is -0.936. The Balaban J connectivity index is 1.75. The Morgan fingerprint density at radius 3 is 2.50 bits per heavy atom. The molecule has 40 heavy (non-hydrogen) atoms. The fourth-order valence-electron chi connectivity index (χ4n) is 6.67. The number of piperidine rings is 1. The highest BCUT2D eigenvalue weighted by atomic mass is 16.5. The van der Waals surface area contributed by atoms with E-state index in [0.29, 0.717) is 51.5 Å². The zero-order valence-electron chi connectivity index (χ0n) is 24.3. The van der Waals surface area contributed by atoms with Crippen molar-refractivity contribution in [3.8, 4) is 6.07 Å². The lowest BCUT2D eigenvalue weighted by Gasteiger charge is -2.42. The van der Waals surface area contributed by atoms with Crippen LogP contribution in [0, 0.1) is 23.2 Å². The number of amides is 3. The van der Waals surface area contributed by atoms with Gasteiger partial charge in [0.05, 0.1) is 19.3 Å². The first-order valence-corrected chi connectivity index (χ1v) is 15.3. The lowest BCUT2D eigenvalue weighted by atomic mass is 9.71.